The molecule has 0 fully saturated rings. The van der Waals surface area contributed by atoms with Gasteiger partial charge in [0.25, 0.3) is 5.91 Å². The van der Waals surface area contributed by atoms with Crippen LogP contribution in [0.5, 0.6) is 0 Å². The lowest BCUT2D eigenvalue weighted by atomic mass is 10.2. The largest absolute Gasteiger partial charge is 0.369 e. The standard InChI is InChI=1S/C14H12Br2ClN3O/c1-2-18-13-11(17)5-8(7-19-13)14(21)20-12-4-3-9(15)6-10(12)16/h3-7H,2H2,1H3,(H,18,19)(H,20,21). The number of carbonyl (C=O) groups is 1. The van der Waals surface area contributed by atoms with Crippen molar-refractivity contribution in [1.82, 2.24) is 4.98 Å². The zero-order valence-corrected chi connectivity index (χ0v) is 15.0. The topological polar surface area (TPSA) is 54.0 Å². The van der Waals surface area contributed by atoms with E-state index in [1.54, 1.807) is 12.1 Å². The first-order chi connectivity index (χ1) is 10.0. The first-order valence-corrected chi connectivity index (χ1v) is 8.13. The predicted octanol–water partition coefficient (Wildman–Crippen LogP) is 4.94. The number of nitrogens with one attached hydrogen (secondary N) is 2. The molecule has 2 aromatic rings. The van der Waals surface area contributed by atoms with Crippen molar-refractivity contribution in [3.63, 3.8) is 0 Å². The van der Waals surface area contributed by atoms with Gasteiger partial charge in [-0.05, 0) is 47.1 Å². The van der Waals surface area contributed by atoms with E-state index in [-0.39, 0.29) is 5.91 Å². The Kier molecular flexibility index (Phi) is 5.61. The number of aromatic nitrogens is 1. The molecule has 1 heterocycles. The average molecular weight is 434 g/mol. The van der Waals surface area contributed by atoms with Crippen LogP contribution in [-0.2, 0) is 0 Å². The second-order valence-electron chi connectivity index (χ2n) is 4.16. The van der Waals surface area contributed by atoms with Crippen molar-refractivity contribution in [2.75, 3.05) is 17.2 Å². The van der Waals surface area contributed by atoms with Gasteiger partial charge in [-0.2, -0.15) is 0 Å². The van der Waals surface area contributed by atoms with E-state index in [4.69, 9.17) is 11.6 Å². The van der Waals surface area contributed by atoms with Gasteiger partial charge < -0.3 is 10.6 Å². The number of pyridine rings is 1. The molecule has 4 nitrogen and oxygen atoms in total. The van der Waals surface area contributed by atoms with Crippen LogP contribution in [0.15, 0.2) is 39.4 Å². The van der Waals surface area contributed by atoms with E-state index in [0.29, 0.717) is 28.6 Å². The van der Waals surface area contributed by atoms with Crippen LogP contribution < -0.4 is 10.6 Å². The highest BCUT2D eigenvalue weighted by molar-refractivity contribution is 9.11. The Bertz CT molecular complexity index is 679. The van der Waals surface area contributed by atoms with Gasteiger partial charge >= 0.3 is 0 Å². The molecule has 0 bridgehead atoms. The summed E-state index contributed by atoms with van der Waals surface area (Å²) >= 11 is 12.8. The molecule has 1 aromatic carbocycles. The third-order valence-corrected chi connectivity index (χ3v) is 4.06. The van der Waals surface area contributed by atoms with E-state index in [9.17, 15) is 4.79 Å². The molecular weight excluding hydrogens is 421 g/mol. The Morgan fingerprint density at radius 2 is 2.10 bits per heavy atom. The molecule has 7 heteroatoms. The number of halogens is 3. The molecule has 2 N–H and O–H groups in total. The summed E-state index contributed by atoms with van der Waals surface area (Å²) in [6, 6.07) is 7.09. The van der Waals surface area contributed by atoms with Crippen LogP contribution in [0.25, 0.3) is 0 Å². The molecular formula is C14H12Br2ClN3O. The molecule has 2 rings (SSSR count). The number of hydrogen-bond donors (Lipinski definition) is 2. The summed E-state index contributed by atoms with van der Waals surface area (Å²) < 4.78 is 1.71. The van der Waals surface area contributed by atoms with Gasteiger partial charge in [0.05, 0.1) is 16.3 Å². The van der Waals surface area contributed by atoms with Gasteiger partial charge in [0, 0.05) is 21.7 Å². The zero-order chi connectivity index (χ0) is 15.4. The predicted molar refractivity (Wildman–Crippen MR) is 93.2 cm³/mol. The summed E-state index contributed by atoms with van der Waals surface area (Å²) in [6.45, 7) is 2.66. The minimum absolute atomic E-state index is 0.268. The van der Waals surface area contributed by atoms with Gasteiger partial charge in [0.15, 0.2) is 0 Å². The Morgan fingerprint density at radius 3 is 2.71 bits per heavy atom. The lowest BCUT2D eigenvalue weighted by molar-refractivity contribution is 0.102. The average Bonchev–Trinajstić information content (AvgIpc) is 2.44. The number of nitrogens with zero attached hydrogens (tertiary/aromatic N) is 1. The van der Waals surface area contributed by atoms with E-state index in [1.165, 1.54) is 6.20 Å². The van der Waals surface area contributed by atoms with E-state index in [1.807, 2.05) is 19.1 Å². The second kappa shape index (κ2) is 7.24. The Hall–Kier alpha value is -1.11. The summed E-state index contributed by atoms with van der Waals surface area (Å²) in [4.78, 5) is 16.4. The first kappa shape index (κ1) is 16.3. The number of benzene rings is 1. The minimum atomic E-state index is -0.268. The molecule has 0 atom stereocenters. The summed E-state index contributed by atoms with van der Waals surface area (Å²) in [5.41, 5.74) is 1.08. The van der Waals surface area contributed by atoms with Crippen LogP contribution in [0.2, 0.25) is 5.02 Å². The normalized spacial score (nSPS) is 10.3. The quantitative estimate of drug-likeness (QED) is 0.718. The Morgan fingerprint density at radius 1 is 1.33 bits per heavy atom. The fourth-order valence-electron chi connectivity index (χ4n) is 1.64. The highest BCUT2D eigenvalue weighted by Gasteiger charge is 2.11. The fourth-order valence-corrected chi connectivity index (χ4v) is 3.02. The van der Waals surface area contributed by atoms with Crippen molar-refractivity contribution in [3.05, 3.63) is 50.0 Å². The molecule has 21 heavy (non-hydrogen) atoms. The smallest absolute Gasteiger partial charge is 0.257 e. The molecule has 0 saturated carbocycles. The van der Waals surface area contributed by atoms with Crippen LogP contribution in [-0.4, -0.2) is 17.4 Å². The summed E-state index contributed by atoms with van der Waals surface area (Å²) in [6.07, 6.45) is 1.49. The third kappa shape index (κ3) is 4.18. The number of amides is 1. The lowest BCUT2D eigenvalue weighted by Crippen LogP contribution is -2.13. The molecule has 0 aliphatic rings. The van der Waals surface area contributed by atoms with Gasteiger partial charge in [-0.25, -0.2) is 4.98 Å². The van der Waals surface area contributed by atoms with E-state index in [0.717, 1.165) is 8.95 Å². The molecule has 0 saturated heterocycles. The van der Waals surface area contributed by atoms with Crippen LogP contribution in [0.4, 0.5) is 11.5 Å². The molecule has 1 amide bonds. The molecule has 1 aromatic heterocycles. The van der Waals surface area contributed by atoms with E-state index in [2.05, 4.69) is 47.5 Å². The van der Waals surface area contributed by atoms with Gasteiger partial charge in [0.2, 0.25) is 0 Å². The maximum atomic E-state index is 12.2. The van der Waals surface area contributed by atoms with Crippen molar-refractivity contribution in [3.8, 4) is 0 Å². The van der Waals surface area contributed by atoms with Gasteiger partial charge in [-0.3, -0.25) is 4.79 Å². The van der Waals surface area contributed by atoms with Crippen molar-refractivity contribution in [2.45, 2.75) is 6.92 Å². The summed E-state index contributed by atoms with van der Waals surface area (Å²) in [5, 5.41) is 6.24. The van der Waals surface area contributed by atoms with Crippen molar-refractivity contribution in [2.24, 2.45) is 0 Å². The number of hydrogen-bond acceptors (Lipinski definition) is 3. The SMILES string of the molecule is CCNc1ncc(C(=O)Nc2ccc(Br)cc2Br)cc1Cl. The number of carbonyl (C=O) groups excluding carboxylic acids is 1. The minimum Gasteiger partial charge on any atom is -0.369 e. The van der Waals surface area contributed by atoms with Crippen LogP contribution in [0.3, 0.4) is 0 Å². The van der Waals surface area contributed by atoms with Gasteiger partial charge in [0.1, 0.15) is 5.82 Å². The molecule has 0 unspecified atom stereocenters. The second-order valence-corrected chi connectivity index (χ2v) is 6.34. The summed E-state index contributed by atoms with van der Waals surface area (Å²) in [5.74, 6) is 0.302. The maximum absolute atomic E-state index is 12.2. The Labute approximate surface area is 144 Å². The Balaban J connectivity index is 2.18. The lowest BCUT2D eigenvalue weighted by Gasteiger charge is -2.09. The maximum Gasteiger partial charge on any atom is 0.257 e. The van der Waals surface area contributed by atoms with Gasteiger partial charge in [-0.1, -0.05) is 27.5 Å². The van der Waals surface area contributed by atoms with Crippen LogP contribution >= 0.6 is 43.5 Å². The first-order valence-electron chi connectivity index (χ1n) is 6.17. The zero-order valence-electron chi connectivity index (χ0n) is 11.1. The van der Waals surface area contributed by atoms with E-state index >= 15 is 0 Å². The van der Waals surface area contributed by atoms with Crippen molar-refractivity contribution < 1.29 is 4.79 Å². The summed E-state index contributed by atoms with van der Waals surface area (Å²) in [7, 11) is 0. The van der Waals surface area contributed by atoms with Crippen molar-refractivity contribution >= 4 is 60.9 Å². The third-order valence-electron chi connectivity index (χ3n) is 2.63. The van der Waals surface area contributed by atoms with E-state index < -0.39 is 0 Å². The van der Waals surface area contributed by atoms with Crippen LogP contribution in [0.1, 0.15) is 17.3 Å². The molecule has 0 spiro atoms. The highest BCUT2D eigenvalue weighted by atomic mass is 79.9. The molecule has 0 aliphatic heterocycles. The monoisotopic (exact) mass is 431 g/mol. The highest BCUT2D eigenvalue weighted by Crippen LogP contribution is 2.27. The van der Waals surface area contributed by atoms with Gasteiger partial charge in [-0.15, -0.1) is 0 Å². The number of anilines is 2. The van der Waals surface area contributed by atoms with Crippen molar-refractivity contribution in [1.29, 1.82) is 0 Å². The number of rotatable bonds is 4. The molecule has 0 radical (unpaired) electrons. The molecule has 110 valence electrons. The molecule has 0 aliphatic carbocycles. The fraction of sp³-hybridized carbons (Fsp3) is 0.143. The van der Waals surface area contributed by atoms with Crippen LogP contribution in [0, 0.1) is 0 Å².